The molecule has 1 heterocycles. The van der Waals surface area contributed by atoms with Gasteiger partial charge in [-0.2, -0.15) is 13.2 Å². The summed E-state index contributed by atoms with van der Waals surface area (Å²) in [5.74, 6) is -0.560. The van der Waals surface area contributed by atoms with E-state index < -0.39 is 23.6 Å². The summed E-state index contributed by atoms with van der Waals surface area (Å²) in [5, 5.41) is 13.3. The van der Waals surface area contributed by atoms with E-state index in [9.17, 15) is 27.9 Å². The predicted octanol–water partition coefficient (Wildman–Crippen LogP) is 10.7. The van der Waals surface area contributed by atoms with Crippen LogP contribution in [-0.2, 0) is 12.8 Å². The molecule has 11 heteroatoms. The molecule has 1 aromatic heterocycles. The van der Waals surface area contributed by atoms with E-state index in [2.05, 4.69) is 10.3 Å². The molecule has 6 aromatic rings. The average molecular weight is 709 g/mol. The first kappa shape index (κ1) is 34.7. The van der Waals surface area contributed by atoms with Crippen LogP contribution in [-0.4, -0.2) is 22.0 Å². The van der Waals surface area contributed by atoms with Crippen LogP contribution in [0, 0.1) is 6.92 Å². The number of hydrogen-bond donors (Lipinski definition) is 2. The summed E-state index contributed by atoms with van der Waals surface area (Å²) in [7, 11) is 0. The molecule has 0 aliphatic rings. The second kappa shape index (κ2) is 14.8. The van der Waals surface area contributed by atoms with E-state index in [1.54, 1.807) is 79.0 Å². The molecule has 51 heavy (non-hydrogen) atoms. The number of anilines is 1. The highest BCUT2D eigenvalue weighted by Crippen LogP contribution is 2.39. The van der Waals surface area contributed by atoms with E-state index >= 15 is 0 Å². The molecule has 6 rings (SSSR count). The van der Waals surface area contributed by atoms with Crippen molar-refractivity contribution >= 4 is 29.2 Å². The van der Waals surface area contributed by atoms with Gasteiger partial charge in [-0.1, -0.05) is 60.1 Å². The second-order valence-electron chi connectivity index (χ2n) is 11.5. The molecule has 0 saturated carbocycles. The fourth-order valence-corrected chi connectivity index (χ4v) is 5.56. The molecule has 0 aliphatic carbocycles. The number of rotatable bonds is 10. The molecule has 0 saturated heterocycles. The predicted molar refractivity (Wildman–Crippen MR) is 189 cm³/mol. The number of aromatic carboxylic acids is 1. The molecular formula is C40H28ClF3N2O5. The number of aromatic nitrogens is 1. The molecule has 7 nitrogen and oxygen atoms in total. The van der Waals surface area contributed by atoms with Crippen molar-refractivity contribution in [1.82, 2.24) is 4.98 Å². The number of para-hydroxylation sites is 1. The van der Waals surface area contributed by atoms with Gasteiger partial charge in [-0.05, 0) is 108 Å². The van der Waals surface area contributed by atoms with Crippen molar-refractivity contribution in [3.63, 3.8) is 0 Å². The van der Waals surface area contributed by atoms with Gasteiger partial charge in [0.15, 0.2) is 0 Å². The molecule has 0 radical (unpaired) electrons. The Morgan fingerprint density at radius 2 is 1.47 bits per heavy atom. The van der Waals surface area contributed by atoms with E-state index in [-0.39, 0.29) is 34.3 Å². The van der Waals surface area contributed by atoms with Crippen LogP contribution in [0.25, 0.3) is 22.3 Å². The topological polar surface area (TPSA) is 97.8 Å². The minimum absolute atomic E-state index is 0.000630. The van der Waals surface area contributed by atoms with Gasteiger partial charge in [0, 0.05) is 17.3 Å². The standard InChI is InChI=1S/C40H28ClF3N2O5/c1-24-18-37(41)45-22-35(24)33-21-36(46-38(47)27-14-16-30(17-15-27)51-29-7-3-2-4-8-29)34(39(48)49)20-32(33)26-12-10-25(11-13-26)23-50-31-9-5-6-28(19-31)40(42,43)44/h2-22H,23H2,1H3,(H,46,47)(H,48,49). The van der Waals surface area contributed by atoms with E-state index in [1.165, 1.54) is 18.2 Å². The zero-order valence-electron chi connectivity index (χ0n) is 26.9. The molecule has 5 aromatic carbocycles. The SMILES string of the molecule is Cc1cc(Cl)ncc1-c1cc(NC(=O)c2ccc(Oc3ccccc3)cc2)c(C(=O)O)cc1-c1ccc(COc2cccc(C(F)(F)F)c2)cc1. The number of amides is 1. The highest BCUT2D eigenvalue weighted by Gasteiger charge is 2.30. The summed E-state index contributed by atoms with van der Waals surface area (Å²) in [6.45, 7) is 1.84. The molecule has 2 N–H and O–H groups in total. The van der Waals surface area contributed by atoms with Crippen LogP contribution in [0.5, 0.6) is 17.2 Å². The van der Waals surface area contributed by atoms with Gasteiger partial charge in [-0.3, -0.25) is 4.79 Å². The van der Waals surface area contributed by atoms with Gasteiger partial charge in [-0.15, -0.1) is 0 Å². The molecule has 0 fully saturated rings. The van der Waals surface area contributed by atoms with Crippen LogP contribution in [0.3, 0.4) is 0 Å². The fourth-order valence-electron chi connectivity index (χ4n) is 5.35. The number of carboxylic acid groups (broad SMARTS) is 1. The fraction of sp³-hybridized carbons (Fsp3) is 0.0750. The highest BCUT2D eigenvalue weighted by molar-refractivity contribution is 6.29. The maximum atomic E-state index is 13.4. The average Bonchev–Trinajstić information content (AvgIpc) is 3.11. The van der Waals surface area contributed by atoms with Crippen molar-refractivity contribution in [2.45, 2.75) is 19.7 Å². The van der Waals surface area contributed by atoms with Gasteiger partial charge in [-0.25, -0.2) is 9.78 Å². The number of halogens is 4. The molecule has 0 aliphatic heterocycles. The minimum atomic E-state index is -4.49. The number of alkyl halides is 3. The Balaban J connectivity index is 1.30. The smallest absolute Gasteiger partial charge is 0.416 e. The van der Waals surface area contributed by atoms with Crippen LogP contribution < -0.4 is 14.8 Å². The van der Waals surface area contributed by atoms with Crippen molar-refractivity contribution < 1.29 is 37.3 Å². The third-order valence-corrected chi connectivity index (χ3v) is 8.14. The van der Waals surface area contributed by atoms with Crippen LogP contribution in [0.15, 0.2) is 128 Å². The zero-order chi connectivity index (χ0) is 36.1. The monoisotopic (exact) mass is 708 g/mol. The van der Waals surface area contributed by atoms with Gasteiger partial charge >= 0.3 is 12.1 Å². The summed E-state index contributed by atoms with van der Waals surface area (Å²) >= 11 is 6.15. The Morgan fingerprint density at radius 1 is 0.784 bits per heavy atom. The number of carbonyl (C=O) groups excluding carboxylic acids is 1. The van der Waals surface area contributed by atoms with Crippen molar-refractivity contribution in [2.24, 2.45) is 0 Å². The third-order valence-electron chi connectivity index (χ3n) is 7.93. The Bertz CT molecular complexity index is 2210. The minimum Gasteiger partial charge on any atom is -0.489 e. The quantitative estimate of drug-likeness (QED) is 0.137. The van der Waals surface area contributed by atoms with Gasteiger partial charge in [0.05, 0.1) is 16.8 Å². The van der Waals surface area contributed by atoms with E-state index in [0.717, 1.165) is 17.7 Å². The lowest BCUT2D eigenvalue weighted by Crippen LogP contribution is -2.15. The first-order chi connectivity index (χ1) is 24.4. The van der Waals surface area contributed by atoms with Crippen LogP contribution >= 0.6 is 11.6 Å². The van der Waals surface area contributed by atoms with E-state index in [4.69, 9.17) is 21.1 Å². The van der Waals surface area contributed by atoms with Crippen molar-refractivity contribution in [3.8, 4) is 39.5 Å². The highest BCUT2D eigenvalue weighted by atomic mass is 35.5. The zero-order valence-corrected chi connectivity index (χ0v) is 27.6. The molecule has 0 bridgehead atoms. The number of nitrogens with one attached hydrogen (secondary N) is 1. The van der Waals surface area contributed by atoms with Gasteiger partial charge in [0.2, 0.25) is 0 Å². The summed E-state index contributed by atoms with van der Waals surface area (Å²) in [5.41, 5.74) is 3.22. The summed E-state index contributed by atoms with van der Waals surface area (Å²) < 4.78 is 50.8. The maximum absolute atomic E-state index is 13.4. The molecule has 0 atom stereocenters. The first-order valence-electron chi connectivity index (χ1n) is 15.5. The Hall–Kier alpha value is -6.13. The van der Waals surface area contributed by atoms with E-state index in [1.807, 2.05) is 25.1 Å². The van der Waals surface area contributed by atoms with Crippen molar-refractivity contribution in [1.29, 1.82) is 0 Å². The van der Waals surface area contributed by atoms with Gasteiger partial charge in [0.1, 0.15) is 29.0 Å². The Morgan fingerprint density at radius 3 is 2.14 bits per heavy atom. The van der Waals surface area contributed by atoms with Crippen LogP contribution in [0.1, 0.15) is 37.4 Å². The third kappa shape index (κ3) is 8.37. The summed E-state index contributed by atoms with van der Waals surface area (Å²) in [6, 6.07) is 32.0. The summed E-state index contributed by atoms with van der Waals surface area (Å²) in [6.07, 6.45) is -2.92. The van der Waals surface area contributed by atoms with E-state index in [0.29, 0.717) is 39.3 Å². The number of hydrogen-bond acceptors (Lipinski definition) is 5. The Kier molecular flexibility index (Phi) is 10.1. The summed E-state index contributed by atoms with van der Waals surface area (Å²) in [4.78, 5) is 30.2. The maximum Gasteiger partial charge on any atom is 0.416 e. The second-order valence-corrected chi connectivity index (χ2v) is 11.9. The molecule has 1 amide bonds. The number of carbonyl (C=O) groups is 2. The molecule has 0 unspecified atom stereocenters. The number of benzene rings is 5. The number of aryl methyl sites for hydroxylation is 1. The number of ether oxygens (including phenoxy) is 2. The number of pyridine rings is 1. The normalized spacial score (nSPS) is 11.2. The van der Waals surface area contributed by atoms with Crippen molar-refractivity contribution in [2.75, 3.05) is 5.32 Å². The lowest BCUT2D eigenvalue weighted by molar-refractivity contribution is -0.137. The van der Waals surface area contributed by atoms with Crippen LogP contribution in [0.2, 0.25) is 5.15 Å². The van der Waals surface area contributed by atoms with Crippen molar-refractivity contribution in [3.05, 3.63) is 160 Å². The Labute approximate surface area is 295 Å². The molecule has 256 valence electrons. The lowest BCUT2D eigenvalue weighted by Gasteiger charge is -2.18. The first-order valence-corrected chi connectivity index (χ1v) is 15.9. The van der Waals surface area contributed by atoms with Gasteiger partial charge < -0.3 is 19.9 Å². The largest absolute Gasteiger partial charge is 0.489 e. The van der Waals surface area contributed by atoms with Gasteiger partial charge in [0.25, 0.3) is 5.91 Å². The molecular weight excluding hydrogens is 681 g/mol. The number of carboxylic acids is 1. The molecule has 0 spiro atoms. The van der Waals surface area contributed by atoms with Crippen LogP contribution in [0.4, 0.5) is 18.9 Å². The number of nitrogens with zero attached hydrogens (tertiary/aromatic N) is 1. The lowest BCUT2D eigenvalue weighted by atomic mass is 9.90.